The molecule has 1 aliphatic rings. The lowest BCUT2D eigenvalue weighted by Crippen LogP contribution is -2.33. The third-order valence-electron chi connectivity index (χ3n) is 3.51. The number of aliphatic carboxylic acids is 1. The number of hydrogen-bond acceptors (Lipinski definition) is 2. The lowest BCUT2D eigenvalue weighted by Gasteiger charge is -2.17. The van der Waals surface area contributed by atoms with Crippen molar-refractivity contribution in [1.29, 1.82) is 0 Å². The monoisotopic (exact) mass is 330 g/mol. The number of carboxylic acid groups (broad SMARTS) is 1. The van der Waals surface area contributed by atoms with Gasteiger partial charge in [-0.15, -0.1) is 0 Å². The first-order valence-electron chi connectivity index (χ1n) is 6.68. The molecule has 5 nitrogen and oxygen atoms in total. The van der Waals surface area contributed by atoms with Gasteiger partial charge in [-0.3, -0.25) is 4.79 Å². The number of anilines is 1. The summed E-state index contributed by atoms with van der Waals surface area (Å²) in [5.41, 5.74) is 0.586. The lowest BCUT2D eigenvalue weighted by atomic mass is 10.0. The number of rotatable bonds is 4. The zero-order valence-electron chi connectivity index (χ0n) is 11.3. The number of hydrogen-bond donors (Lipinski definition) is 2. The number of carbonyl (C=O) groups is 2. The van der Waals surface area contributed by atoms with E-state index in [1.54, 1.807) is 23.1 Å². The molecule has 0 bridgehead atoms. The van der Waals surface area contributed by atoms with E-state index in [4.69, 9.17) is 28.3 Å². The molecular weight excluding hydrogens is 315 g/mol. The zero-order chi connectivity index (χ0) is 15.4. The molecule has 1 aromatic rings. The molecule has 1 saturated heterocycles. The summed E-state index contributed by atoms with van der Waals surface area (Å²) in [6.45, 7) is 1.22. The Morgan fingerprint density at radius 1 is 1.33 bits per heavy atom. The fraction of sp³-hybridized carbons (Fsp3) is 0.429. The van der Waals surface area contributed by atoms with Gasteiger partial charge in [-0.25, -0.2) is 4.79 Å². The van der Waals surface area contributed by atoms with Crippen LogP contribution in [0, 0.1) is 5.92 Å². The SMILES string of the molecule is O=C(O)CCC1CCN(C(=O)Nc2ccc(Cl)c(Cl)c2)C1. The largest absolute Gasteiger partial charge is 0.481 e. The van der Waals surface area contributed by atoms with Crippen molar-refractivity contribution in [2.75, 3.05) is 18.4 Å². The lowest BCUT2D eigenvalue weighted by molar-refractivity contribution is -0.137. The van der Waals surface area contributed by atoms with Gasteiger partial charge in [0.1, 0.15) is 0 Å². The summed E-state index contributed by atoms with van der Waals surface area (Å²) in [7, 11) is 0. The number of carbonyl (C=O) groups excluding carboxylic acids is 1. The number of amides is 2. The van der Waals surface area contributed by atoms with Crippen LogP contribution in [0.1, 0.15) is 19.3 Å². The molecule has 21 heavy (non-hydrogen) atoms. The standard InChI is InChI=1S/C14H16Cl2N2O3/c15-11-3-2-10(7-12(11)16)17-14(21)18-6-5-9(8-18)1-4-13(19)20/h2-3,7,9H,1,4-6,8H2,(H,17,21)(H,19,20). The molecule has 1 unspecified atom stereocenters. The molecule has 1 heterocycles. The van der Waals surface area contributed by atoms with Gasteiger partial charge in [-0.2, -0.15) is 0 Å². The van der Waals surface area contributed by atoms with Crippen LogP contribution in [-0.4, -0.2) is 35.1 Å². The second kappa shape index (κ2) is 7.00. The van der Waals surface area contributed by atoms with Crippen molar-refractivity contribution in [2.45, 2.75) is 19.3 Å². The first-order chi connectivity index (χ1) is 9.95. The predicted octanol–water partition coefficient (Wildman–Crippen LogP) is 3.71. The van der Waals surface area contributed by atoms with Gasteiger partial charge in [0.25, 0.3) is 0 Å². The number of halogens is 2. The third kappa shape index (κ3) is 4.51. The number of nitrogens with zero attached hydrogens (tertiary/aromatic N) is 1. The number of carboxylic acids is 1. The molecule has 1 aromatic carbocycles. The minimum Gasteiger partial charge on any atom is -0.481 e. The zero-order valence-corrected chi connectivity index (χ0v) is 12.8. The Morgan fingerprint density at radius 2 is 2.10 bits per heavy atom. The van der Waals surface area contributed by atoms with E-state index in [2.05, 4.69) is 5.32 Å². The third-order valence-corrected chi connectivity index (χ3v) is 4.25. The highest BCUT2D eigenvalue weighted by atomic mass is 35.5. The Bertz CT molecular complexity index is 551. The predicted molar refractivity (Wildman–Crippen MR) is 82.0 cm³/mol. The van der Waals surface area contributed by atoms with E-state index >= 15 is 0 Å². The van der Waals surface area contributed by atoms with Gasteiger partial charge in [0.05, 0.1) is 10.0 Å². The fourth-order valence-corrected chi connectivity index (χ4v) is 2.65. The number of likely N-dealkylation sites (tertiary alicyclic amines) is 1. The normalized spacial score (nSPS) is 17.8. The Balaban J connectivity index is 1.86. The van der Waals surface area contributed by atoms with Crippen molar-refractivity contribution in [3.63, 3.8) is 0 Å². The summed E-state index contributed by atoms with van der Waals surface area (Å²) in [5.74, 6) is -0.547. The van der Waals surface area contributed by atoms with Crippen molar-refractivity contribution in [1.82, 2.24) is 4.90 Å². The van der Waals surface area contributed by atoms with Gasteiger partial charge in [0.2, 0.25) is 0 Å². The first-order valence-corrected chi connectivity index (χ1v) is 7.44. The van der Waals surface area contributed by atoms with Crippen LogP contribution < -0.4 is 5.32 Å². The Kier molecular flexibility index (Phi) is 5.31. The van der Waals surface area contributed by atoms with Gasteiger partial charge in [0.15, 0.2) is 0 Å². The molecule has 1 aliphatic heterocycles. The summed E-state index contributed by atoms with van der Waals surface area (Å²) in [6, 6.07) is 4.70. The molecule has 0 spiro atoms. The molecular formula is C14H16Cl2N2O3. The van der Waals surface area contributed by atoms with Gasteiger partial charge in [-0.1, -0.05) is 23.2 Å². The minimum atomic E-state index is -0.797. The van der Waals surface area contributed by atoms with Gasteiger partial charge < -0.3 is 15.3 Å². The minimum absolute atomic E-state index is 0.146. The molecule has 0 saturated carbocycles. The van der Waals surface area contributed by atoms with Gasteiger partial charge in [-0.05, 0) is 37.0 Å². The molecule has 0 aliphatic carbocycles. The van der Waals surface area contributed by atoms with Crippen molar-refractivity contribution < 1.29 is 14.7 Å². The first kappa shape index (κ1) is 15.9. The average molecular weight is 331 g/mol. The van der Waals surface area contributed by atoms with Crippen LogP contribution in [0.3, 0.4) is 0 Å². The van der Waals surface area contributed by atoms with Crippen molar-refractivity contribution in [3.05, 3.63) is 28.2 Å². The second-order valence-corrected chi connectivity index (χ2v) is 5.91. The number of urea groups is 1. The van der Waals surface area contributed by atoms with Crippen molar-refractivity contribution in [3.8, 4) is 0 Å². The van der Waals surface area contributed by atoms with Crippen LogP contribution in [0.25, 0.3) is 0 Å². The van der Waals surface area contributed by atoms with Crippen molar-refractivity contribution in [2.24, 2.45) is 5.92 Å². The maximum absolute atomic E-state index is 12.1. The highest BCUT2D eigenvalue weighted by Crippen LogP contribution is 2.26. The van der Waals surface area contributed by atoms with E-state index in [1.807, 2.05) is 0 Å². The van der Waals surface area contributed by atoms with E-state index in [0.717, 1.165) is 6.42 Å². The van der Waals surface area contributed by atoms with E-state index in [1.165, 1.54) is 0 Å². The molecule has 7 heteroatoms. The fourth-order valence-electron chi connectivity index (χ4n) is 2.36. The van der Waals surface area contributed by atoms with Crippen LogP contribution in [0.15, 0.2) is 18.2 Å². The Hall–Kier alpha value is -1.46. The Labute approximate surface area is 132 Å². The molecule has 114 valence electrons. The maximum Gasteiger partial charge on any atom is 0.321 e. The smallest absolute Gasteiger partial charge is 0.321 e. The van der Waals surface area contributed by atoms with Crippen LogP contribution in [-0.2, 0) is 4.79 Å². The molecule has 2 amide bonds. The summed E-state index contributed by atoms with van der Waals surface area (Å²) in [5, 5.41) is 12.3. The molecule has 0 radical (unpaired) electrons. The molecule has 0 aromatic heterocycles. The van der Waals surface area contributed by atoms with Crippen LogP contribution in [0.2, 0.25) is 10.0 Å². The number of nitrogens with one attached hydrogen (secondary N) is 1. The second-order valence-electron chi connectivity index (χ2n) is 5.09. The molecule has 2 rings (SSSR count). The number of benzene rings is 1. The van der Waals surface area contributed by atoms with Crippen LogP contribution >= 0.6 is 23.2 Å². The topological polar surface area (TPSA) is 69.6 Å². The summed E-state index contributed by atoms with van der Waals surface area (Å²) >= 11 is 11.7. The van der Waals surface area contributed by atoms with Gasteiger partial charge in [0, 0.05) is 25.2 Å². The summed E-state index contributed by atoms with van der Waals surface area (Å²) in [4.78, 5) is 24.4. The summed E-state index contributed by atoms with van der Waals surface area (Å²) in [6.07, 6.45) is 1.58. The highest BCUT2D eigenvalue weighted by Gasteiger charge is 2.26. The maximum atomic E-state index is 12.1. The van der Waals surface area contributed by atoms with E-state index in [0.29, 0.717) is 35.2 Å². The summed E-state index contributed by atoms with van der Waals surface area (Å²) < 4.78 is 0. The van der Waals surface area contributed by atoms with Crippen LogP contribution in [0.5, 0.6) is 0 Å². The Morgan fingerprint density at radius 3 is 2.76 bits per heavy atom. The van der Waals surface area contributed by atoms with Crippen molar-refractivity contribution >= 4 is 40.9 Å². The average Bonchev–Trinajstić information content (AvgIpc) is 2.89. The van der Waals surface area contributed by atoms with Crippen LogP contribution in [0.4, 0.5) is 10.5 Å². The van der Waals surface area contributed by atoms with E-state index in [-0.39, 0.29) is 18.4 Å². The highest BCUT2D eigenvalue weighted by molar-refractivity contribution is 6.42. The van der Waals surface area contributed by atoms with Gasteiger partial charge >= 0.3 is 12.0 Å². The van der Waals surface area contributed by atoms with E-state index < -0.39 is 5.97 Å². The molecule has 1 fully saturated rings. The molecule has 1 atom stereocenters. The molecule has 2 N–H and O–H groups in total. The van der Waals surface area contributed by atoms with E-state index in [9.17, 15) is 9.59 Å². The quantitative estimate of drug-likeness (QED) is 0.883.